The van der Waals surface area contributed by atoms with Crippen molar-refractivity contribution in [3.63, 3.8) is 0 Å². The summed E-state index contributed by atoms with van der Waals surface area (Å²) < 4.78 is 0. The molecule has 2 aromatic rings. The quantitative estimate of drug-likeness (QED) is 0.689. The Morgan fingerprint density at radius 3 is 2.12 bits per heavy atom. The number of rotatable bonds is 2. The third-order valence-corrected chi connectivity index (χ3v) is 2.97. The summed E-state index contributed by atoms with van der Waals surface area (Å²) in [4.78, 5) is 0. The van der Waals surface area contributed by atoms with Gasteiger partial charge in [-0.1, -0.05) is 18.2 Å². The molecule has 0 atom stereocenters. The lowest BCUT2D eigenvalue weighted by Crippen LogP contribution is -2.01. The highest BCUT2D eigenvalue weighted by atomic mass is 14.6. The molecule has 3 nitrogen and oxygen atoms in total. The summed E-state index contributed by atoms with van der Waals surface area (Å²) >= 11 is 0. The normalized spacial score (nSPS) is 10.4. The molecule has 17 heavy (non-hydrogen) atoms. The van der Waals surface area contributed by atoms with E-state index in [-0.39, 0.29) is 0 Å². The molecule has 0 unspecified atom stereocenters. The second-order valence-electron chi connectivity index (χ2n) is 4.28. The molecule has 0 aromatic heterocycles. The second kappa shape index (κ2) is 4.37. The van der Waals surface area contributed by atoms with E-state index < -0.39 is 0 Å². The highest BCUT2D eigenvalue weighted by Crippen LogP contribution is 2.24. The van der Waals surface area contributed by atoms with Crippen LogP contribution in [0.2, 0.25) is 0 Å². The van der Waals surface area contributed by atoms with Crippen LogP contribution in [0.1, 0.15) is 16.7 Å². The van der Waals surface area contributed by atoms with E-state index in [0.717, 1.165) is 33.8 Å². The van der Waals surface area contributed by atoms with Crippen molar-refractivity contribution in [1.29, 1.82) is 0 Å². The molecule has 0 heterocycles. The van der Waals surface area contributed by atoms with Gasteiger partial charge in [-0.25, -0.2) is 0 Å². The predicted octanol–water partition coefficient (Wildman–Crippen LogP) is 2.33. The first-order valence-corrected chi connectivity index (χ1v) is 5.56. The predicted molar refractivity (Wildman–Crippen MR) is 73.7 cm³/mol. The van der Waals surface area contributed by atoms with Gasteiger partial charge >= 0.3 is 0 Å². The van der Waals surface area contributed by atoms with Crippen molar-refractivity contribution in [2.24, 2.45) is 0 Å². The average Bonchev–Trinajstić information content (AvgIpc) is 2.28. The molecule has 6 N–H and O–H groups in total. The SMILES string of the molecule is Cc1ccc(Cc2c(N)cccc2N)cc1N. The minimum absolute atomic E-state index is 0.711. The molecule has 0 amide bonds. The molecule has 2 rings (SSSR count). The van der Waals surface area contributed by atoms with E-state index in [1.54, 1.807) is 0 Å². The third kappa shape index (κ3) is 2.33. The maximum absolute atomic E-state index is 5.93. The highest BCUT2D eigenvalue weighted by Gasteiger charge is 2.05. The lowest BCUT2D eigenvalue weighted by atomic mass is 10.00. The molecule has 0 saturated heterocycles. The van der Waals surface area contributed by atoms with Crippen LogP contribution in [0.3, 0.4) is 0 Å². The fraction of sp³-hybridized carbons (Fsp3) is 0.143. The smallest absolute Gasteiger partial charge is 0.0370 e. The molecule has 0 aliphatic heterocycles. The van der Waals surface area contributed by atoms with Gasteiger partial charge in [0.15, 0.2) is 0 Å². The molecule has 2 aromatic carbocycles. The molecule has 0 aliphatic carbocycles. The Morgan fingerprint density at radius 2 is 1.53 bits per heavy atom. The van der Waals surface area contributed by atoms with Crippen molar-refractivity contribution >= 4 is 17.1 Å². The van der Waals surface area contributed by atoms with Crippen LogP contribution in [-0.4, -0.2) is 0 Å². The Morgan fingerprint density at radius 1 is 0.882 bits per heavy atom. The van der Waals surface area contributed by atoms with Crippen molar-refractivity contribution in [2.45, 2.75) is 13.3 Å². The van der Waals surface area contributed by atoms with Gasteiger partial charge in [-0.2, -0.15) is 0 Å². The zero-order valence-corrected chi connectivity index (χ0v) is 9.90. The zero-order valence-electron chi connectivity index (χ0n) is 9.90. The molecule has 0 radical (unpaired) electrons. The van der Waals surface area contributed by atoms with Gasteiger partial charge < -0.3 is 17.2 Å². The number of anilines is 3. The first kappa shape index (κ1) is 11.3. The Kier molecular flexibility index (Phi) is 2.91. The molecular weight excluding hydrogens is 210 g/mol. The summed E-state index contributed by atoms with van der Waals surface area (Å²) in [6.45, 7) is 1.99. The van der Waals surface area contributed by atoms with E-state index >= 15 is 0 Å². The van der Waals surface area contributed by atoms with Gasteiger partial charge in [0.05, 0.1) is 0 Å². The second-order valence-corrected chi connectivity index (χ2v) is 4.28. The largest absolute Gasteiger partial charge is 0.399 e. The molecule has 0 saturated carbocycles. The summed E-state index contributed by atoms with van der Waals surface area (Å²) in [7, 11) is 0. The van der Waals surface area contributed by atoms with E-state index in [4.69, 9.17) is 17.2 Å². The van der Waals surface area contributed by atoms with Gasteiger partial charge in [-0.15, -0.1) is 0 Å². The summed E-state index contributed by atoms with van der Waals surface area (Å²) in [5.41, 5.74) is 23.2. The van der Waals surface area contributed by atoms with Crippen molar-refractivity contribution in [2.75, 3.05) is 17.2 Å². The maximum Gasteiger partial charge on any atom is 0.0370 e. The summed E-state index contributed by atoms with van der Waals surface area (Å²) in [6, 6.07) is 11.6. The van der Waals surface area contributed by atoms with Crippen molar-refractivity contribution in [1.82, 2.24) is 0 Å². The van der Waals surface area contributed by atoms with Crippen molar-refractivity contribution < 1.29 is 0 Å². The fourth-order valence-electron chi connectivity index (χ4n) is 1.83. The number of aryl methyl sites for hydroxylation is 1. The number of hydrogen-bond acceptors (Lipinski definition) is 3. The van der Waals surface area contributed by atoms with Crippen LogP contribution in [-0.2, 0) is 6.42 Å². The number of nitrogens with two attached hydrogens (primary N) is 3. The number of nitrogen functional groups attached to an aromatic ring is 3. The monoisotopic (exact) mass is 227 g/mol. The maximum atomic E-state index is 5.93. The summed E-state index contributed by atoms with van der Waals surface area (Å²) in [5.74, 6) is 0. The first-order valence-electron chi connectivity index (χ1n) is 5.56. The third-order valence-electron chi connectivity index (χ3n) is 2.97. The van der Waals surface area contributed by atoms with E-state index in [9.17, 15) is 0 Å². The van der Waals surface area contributed by atoms with Gasteiger partial charge in [0.1, 0.15) is 0 Å². The molecule has 0 aliphatic rings. The number of hydrogen-bond donors (Lipinski definition) is 3. The lowest BCUT2D eigenvalue weighted by molar-refractivity contribution is 1.20. The Balaban J connectivity index is 2.35. The molecule has 0 spiro atoms. The van der Waals surface area contributed by atoms with Gasteiger partial charge in [0, 0.05) is 29.0 Å². The van der Waals surface area contributed by atoms with Crippen molar-refractivity contribution in [3.05, 3.63) is 53.1 Å². The molecule has 88 valence electrons. The average molecular weight is 227 g/mol. The zero-order chi connectivity index (χ0) is 12.4. The van der Waals surface area contributed by atoms with E-state index in [1.807, 2.05) is 37.3 Å². The molecule has 0 bridgehead atoms. The van der Waals surface area contributed by atoms with Gasteiger partial charge in [-0.3, -0.25) is 0 Å². The summed E-state index contributed by atoms with van der Waals surface area (Å²) in [6.07, 6.45) is 0.711. The van der Waals surface area contributed by atoms with E-state index in [0.29, 0.717) is 6.42 Å². The van der Waals surface area contributed by atoms with Crippen LogP contribution in [0.5, 0.6) is 0 Å². The lowest BCUT2D eigenvalue weighted by Gasteiger charge is -2.10. The number of benzene rings is 2. The highest BCUT2D eigenvalue weighted by molar-refractivity contribution is 5.63. The van der Waals surface area contributed by atoms with Gasteiger partial charge in [-0.05, 0) is 36.2 Å². The van der Waals surface area contributed by atoms with Crippen LogP contribution in [0.25, 0.3) is 0 Å². The topological polar surface area (TPSA) is 78.1 Å². The minimum atomic E-state index is 0.711. The van der Waals surface area contributed by atoms with Crippen LogP contribution in [0, 0.1) is 6.92 Å². The Bertz CT molecular complexity index is 527. The van der Waals surface area contributed by atoms with Gasteiger partial charge in [0.2, 0.25) is 0 Å². The molecule has 0 fully saturated rings. The standard InChI is InChI=1S/C14H17N3/c1-9-5-6-10(8-14(9)17)7-11-12(15)3-2-4-13(11)16/h2-6,8H,7,15-17H2,1H3. The Hall–Kier alpha value is -2.16. The van der Waals surface area contributed by atoms with Crippen LogP contribution >= 0.6 is 0 Å². The molecule has 3 heteroatoms. The van der Waals surface area contributed by atoms with Crippen molar-refractivity contribution in [3.8, 4) is 0 Å². The van der Waals surface area contributed by atoms with E-state index in [2.05, 4.69) is 6.07 Å². The first-order chi connectivity index (χ1) is 8.08. The summed E-state index contributed by atoms with van der Waals surface area (Å²) in [5, 5.41) is 0. The van der Waals surface area contributed by atoms with Gasteiger partial charge in [0.25, 0.3) is 0 Å². The van der Waals surface area contributed by atoms with Crippen LogP contribution in [0.4, 0.5) is 17.1 Å². The minimum Gasteiger partial charge on any atom is -0.399 e. The van der Waals surface area contributed by atoms with Crippen LogP contribution < -0.4 is 17.2 Å². The Labute approximate surface area is 101 Å². The molecular formula is C14H17N3. The van der Waals surface area contributed by atoms with Crippen LogP contribution in [0.15, 0.2) is 36.4 Å². The fourth-order valence-corrected chi connectivity index (χ4v) is 1.83. The van der Waals surface area contributed by atoms with E-state index in [1.165, 1.54) is 0 Å².